The molecule has 0 aromatic carbocycles. The Balaban J connectivity index is 1.27. The second kappa shape index (κ2) is 11.1. The quantitative estimate of drug-likeness (QED) is 0.131. The zero-order valence-corrected chi connectivity index (χ0v) is 25.4. The van der Waals surface area contributed by atoms with E-state index < -0.39 is 52.7 Å². The molecule has 4 saturated carbocycles. The van der Waals surface area contributed by atoms with E-state index in [1.807, 2.05) is 0 Å². The SMILES string of the molecule is CO[C@@H]1C[C@H](O[C@@H]2CC[C@]3(/C=N\NC(N)=O)[C@H]4CC[C@]5(C)[C@H](C6=CC(=O)OC6)CC[C@]5(O)[C@@H]4CC[C@]3(O)C2)O[C@@H](C)[C@H]1O. The molecule has 6 rings (SSSR count). The molecule has 240 valence electrons. The number of aliphatic hydroxyl groups excluding tert-OH is 1. The Labute approximate surface area is 252 Å². The molecule has 2 heterocycles. The zero-order chi connectivity index (χ0) is 30.8. The Hall–Kier alpha value is -2.09. The number of amides is 2. The van der Waals surface area contributed by atoms with Crippen LogP contribution in [0.15, 0.2) is 16.8 Å². The van der Waals surface area contributed by atoms with Gasteiger partial charge in [-0.3, -0.25) is 0 Å². The molecule has 4 aliphatic carbocycles. The summed E-state index contributed by atoms with van der Waals surface area (Å²) in [6.07, 6.45) is 6.66. The molecule has 2 amide bonds. The van der Waals surface area contributed by atoms with Crippen molar-refractivity contribution in [3.05, 3.63) is 11.6 Å². The van der Waals surface area contributed by atoms with Gasteiger partial charge in [0.2, 0.25) is 0 Å². The molecular weight excluding hydrogens is 558 g/mol. The number of methoxy groups -OCH3 is 1. The van der Waals surface area contributed by atoms with Crippen molar-refractivity contribution in [2.75, 3.05) is 13.7 Å². The fourth-order valence-electron chi connectivity index (χ4n) is 10.2. The molecule has 5 fully saturated rings. The molecule has 0 radical (unpaired) electrons. The predicted molar refractivity (Wildman–Crippen MR) is 153 cm³/mol. The van der Waals surface area contributed by atoms with Gasteiger partial charge in [-0.15, -0.1) is 0 Å². The lowest BCUT2D eigenvalue weighted by molar-refractivity contribution is -0.284. The van der Waals surface area contributed by atoms with Crippen molar-refractivity contribution < 1.29 is 43.9 Å². The molecule has 6 N–H and O–H groups in total. The fraction of sp³-hybridized carbons (Fsp3) is 0.839. The molecule has 12 nitrogen and oxygen atoms in total. The van der Waals surface area contributed by atoms with E-state index in [-0.39, 0.29) is 36.4 Å². The first-order valence-electron chi connectivity index (χ1n) is 15.8. The summed E-state index contributed by atoms with van der Waals surface area (Å²) in [5.41, 5.74) is 5.22. The van der Waals surface area contributed by atoms with Gasteiger partial charge >= 0.3 is 12.0 Å². The van der Waals surface area contributed by atoms with Crippen molar-refractivity contribution >= 4 is 18.2 Å². The standard InChI is InChI=1S/C31H47N3O9/c1-17-26(36)23(40-3)13-25(42-17)43-19-4-9-29(16-33-34-27(32)37)21-5-8-28(2)20(18-12-24(35)41-15-18)7-11-31(28,39)22(21)6-10-30(29,38)14-19/h12,16-17,19-23,25-26,36,38-39H,4-11,13-15H2,1-3H3,(H3,32,34,37)/b33-16-/t17-,19+,20-,21-,22+,23+,25-,26+,28+,29-,30-,31-/m0/s1. The molecule has 1 saturated heterocycles. The summed E-state index contributed by atoms with van der Waals surface area (Å²) >= 11 is 0. The highest BCUT2D eigenvalue weighted by Crippen LogP contribution is 2.70. The number of nitrogens with zero attached hydrogens (tertiary/aromatic N) is 1. The first-order chi connectivity index (χ1) is 20.4. The van der Waals surface area contributed by atoms with Crippen LogP contribution in [0.4, 0.5) is 4.79 Å². The number of hydrogen-bond donors (Lipinski definition) is 5. The van der Waals surface area contributed by atoms with E-state index in [2.05, 4.69) is 17.5 Å². The molecule has 0 aromatic heterocycles. The highest BCUT2D eigenvalue weighted by atomic mass is 16.7. The molecule has 43 heavy (non-hydrogen) atoms. The number of nitrogens with two attached hydrogens (primary N) is 1. The number of aliphatic hydroxyl groups is 3. The smallest absolute Gasteiger partial charge is 0.332 e. The van der Waals surface area contributed by atoms with Gasteiger partial charge in [-0.25, -0.2) is 15.0 Å². The van der Waals surface area contributed by atoms with E-state index in [0.29, 0.717) is 44.9 Å². The number of carbonyl (C=O) groups is 2. The number of rotatable bonds is 6. The van der Waals surface area contributed by atoms with E-state index in [9.17, 15) is 24.9 Å². The van der Waals surface area contributed by atoms with Gasteiger partial charge in [-0.2, -0.15) is 5.10 Å². The van der Waals surface area contributed by atoms with E-state index in [0.717, 1.165) is 24.8 Å². The van der Waals surface area contributed by atoms with E-state index in [1.54, 1.807) is 26.3 Å². The lowest BCUT2D eigenvalue weighted by Crippen LogP contribution is -2.69. The van der Waals surface area contributed by atoms with Gasteiger partial charge in [0.05, 0.1) is 29.5 Å². The average molecular weight is 606 g/mol. The van der Waals surface area contributed by atoms with Gasteiger partial charge in [0.15, 0.2) is 6.29 Å². The lowest BCUT2D eigenvalue weighted by atomic mass is 9.41. The van der Waals surface area contributed by atoms with Gasteiger partial charge in [0.1, 0.15) is 12.7 Å². The van der Waals surface area contributed by atoms with Crippen LogP contribution < -0.4 is 11.2 Å². The number of fused-ring (bicyclic) bond motifs is 5. The number of esters is 1. The summed E-state index contributed by atoms with van der Waals surface area (Å²) in [6.45, 7) is 4.23. The van der Waals surface area contributed by atoms with Gasteiger partial charge in [-0.05, 0) is 81.6 Å². The number of ether oxygens (including phenoxy) is 4. The first kappa shape index (κ1) is 30.9. The van der Waals surface area contributed by atoms with Crippen molar-refractivity contribution in [1.82, 2.24) is 5.43 Å². The minimum Gasteiger partial charge on any atom is -0.458 e. The van der Waals surface area contributed by atoms with Crippen LogP contribution in [0, 0.1) is 28.6 Å². The lowest BCUT2D eigenvalue weighted by Gasteiger charge is -2.66. The van der Waals surface area contributed by atoms with Crippen LogP contribution in [-0.2, 0) is 23.7 Å². The minimum absolute atomic E-state index is 0.0586. The Kier molecular flexibility index (Phi) is 7.95. The third kappa shape index (κ3) is 4.84. The molecule has 12 atom stereocenters. The topological polar surface area (TPSA) is 182 Å². The Morgan fingerprint density at radius 3 is 2.63 bits per heavy atom. The summed E-state index contributed by atoms with van der Waals surface area (Å²) in [6, 6.07) is -0.783. The molecular formula is C31H47N3O9. The van der Waals surface area contributed by atoms with Crippen LogP contribution in [0.25, 0.3) is 0 Å². The second-order valence-electron chi connectivity index (χ2n) is 14.1. The largest absolute Gasteiger partial charge is 0.458 e. The van der Waals surface area contributed by atoms with Crippen molar-refractivity contribution in [2.24, 2.45) is 39.4 Å². The van der Waals surface area contributed by atoms with Crippen molar-refractivity contribution in [3.8, 4) is 0 Å². The Morgan fingerprint density at radius 2 is 1.93 bits per heavy atom. The summed E-state index contributed by atoms with van der Waals surface area (Å²) in [7, 11) is 1.56. The summed E-state index contributed by atoms with van der Waals surface area (Å²) in [5.74, 6) is -0.442. The molecule has 6 aliphatic rings. The van der Waals surface area contributed by atoms with Crippen molar-refractivity contribution in [1.29, 1.82) is 0 Å². The summed E-state index contributed by atoms with van der Waals surface area (Å²) in [5, 5.41) is 39.7. The maximum Gasteiger partial charge on any atom is 0.332 e. The van der Waals surface area contributed by atoms with Crippen molar-refractivity contribution in [3.63, 3.8) is 0 Å². The van der Waals surface area contributed by atoms with Gasteiger partial charge < -0.3 is 40.0 Å². The molecule has 0 unspecified atom stereocenters. The number of primary amides is 1. The van der Waals surface area contributed by atoms with Crippen LogP contribution in [0.5, 0.6) is 0 Å². The van der Waals surface area contributed by atoms with Crippen LogP contribution in [0.2, 0.25) is 0 Å². The van der Waals surface area contributed by atoms with Crippen LogP contribution >= 0.6 is 0 Å². The molecule has 2 aliphatic heterocycles. The molecule has 0 bridgehead atoms. The predicted octanol–water partition coefficient (Wildman–Crippen LogP) is 1.89. The Morgan fingerprint density at radius 1 is 1.16 bits per heavy atom. The maximum absolute atomic E-state index is 12.6. The number of hydrogen-bond acceptors (Lipinski definition) is 10. The van der Waals surface area contributed by atoms with E-state index >= 15 is 0 Å². The molecule has 0 spiro atoms. The van der Waals surface area contributed by atoms with Gasteiger partial charge in [-0.1, -0.05) is 6.92 Å². The normalized spacial score (nSPS) is 49.5. The van der Waals surface area contributed by atoms with Crippen molar-refractivity contribution in [2.45, 2.75) is 120 Å². The highest BCUT2D eigenvalue weighted by Gasteiger charge is 2.71. The minimum atomic E-state index is -1.20. The third-order valence-electron chi connectivity index (χ3n) is 12.4. The second-order valence-corrected chi connectivity index (χ2v) is 14.1. The Bertz CT molecular complexity index is 1180. The fourth-order valence-corrected chi connectivity index (χ4v) is 10.2. The van der Waals surface area contributed by atoms with Gasteiger partial charge in [0.25, 0.3) is 0 Å². The van der Waals surface area contributed by atoms with E-state index in [1.165, 1.54) is 0 Å². The highest BCUT2D eigenvalue weighted by molar-refractivity contribution is 5.85. The molecule has 12 heteroatoms. The molecule has 0 aromatic rings. The van der Waals surface area contributed by atoms with Crippen LogP contribution in [0.3, 0.4) is 0 Å². The monoisotopic (exact) mass is 605 g/mol. The number of hydrazone groups is 1. The van der Waals surface area contributed by atoms with Gasteiger partial charge in [0, 0.05) is 43.1 Å². The van der Waals surface area contributed by atoms with Crippen LogP contribution in [0.1, 0.15) is 78.1 Å². The summed E-state index contributed by atoms with van der Waals surface area (Å²) in [4.78, 5) is 23.5. The first-order valence-corrected chi connectivity index (χ1v) is 15.8. The average Bonchev–Trinajstić information content (AvgIpc) is 3.50. The number of cyclic esters (lactones) is 1. The zero-order valence-electron chi connectivity index (χ0n) is 25.4. The number of nitrogens with one attached hydrogen (secondary N) is 1. The third-order valence-corrected chi connectivity index (χ3v) is 12.4. The number of carbonyl (C=O) groups excluding carboxylic acids is 2. The van der Waals surface area contributed by atoms with Crippen LogP contribution in [-0.4, -0.2) is 89.2 Å². The summed E-state index contributed by atoms with van der Waals surface area (Å²) < 4.78 is 23.1. The number of urea groups is 1. The van der Waals surface area contributed by atoms with E-state index in [4.69, 9.17) is 24.7 Å². The maximum atomic E-state index is 12.6.